The highest BCUT2D eigenvalue weighted by Crippen LogP contribution is 2.31. The molecule has 1 aromatic heterocycles. The molecule has 3 N–H and O–H groups in total. The topological polar surface area (TPSA) is 123 Å². The van der Waals surface area contributed by atoms with Gasteiger partial charge in [-0.1, -0.05) is 5.16 Å². The number of methoxy groups -OCH3 is 1. The van der Waals surface area contributed by atoms with Crippen molar-refractivity contribution in [2.45, 2.75) is 24.6 Å². The Balaban J connectivity index is 1.43. The highest BCUT2D eigenvalue weighted by molar-refractivity contribution is 5.90. The normalized spacial score (nSPS) is 22.2. The maximum absolute atomic E-state index is 14.8. The Morgan fingerprint density at radius 1 is 1.40 bits per heavy atom. The van der Waals surface area contributed by atoms with E-state index in [2.05, 4.69) is 15.2 Å². The van der Waals surface area contributed by atoms with Crippen LogP contribution in [0.15, 0.2) is 35.1 Å². The number of carbonyl (C=O) groups excluding carboxylic acids is 2. The van der Waals surface area contributed by atoms with Crippen LogP contribution in [-0.2, 0) is 9.47 Å². The number of amides is 2. The summed E-state index contributed by atoms with van der Waals surface area (Å²) in [7, 11) is 1.30. The van der Waals surface area contributed by atoms with Crippen molar-refractivity contribution < 1.29 is 28.0 Å². The molecule has 10 nitrogen and oxygen atoms in total. The van der Waals surface area contributed by atoms with E-state index in [1.807, 2.05) is 4.90 Å². The van der Waals surface area contributed by atoms with E-state index in [4.69, 9.17) is 15.0 Å². The largest absolute Gasteiger partial charge is 0.453 e. The number of nitrogens with zero attached hydrogens (tertiary/aromatic N) is 3. The molecule has 30 heavy (non-hydrogen) atoms. The summed E-state index contributed by atoms with van der Waals surface area (Å²) in [5.74, 6) is -0.469. The molecule has 160 valence electrons. The Bertz CT molecular complexity index is 924. The number of anilines is 2. The number of alkyl carbamates (subject to hydrolysis) is 1. The van der Waals surface area contributed by atoms with E-state index in [0.717, 1.165) is 0 Å². The summed E-state index contributed by atoms with van der Waals surface area (Å²) in [6.07, 6.45) is 0.324. The molecule has 2 unspecified atom stereocenters. The van der Waals surface area contributed by atoms with Crippen LogP contribution >= 0.6 is 0 Å². The lowest BCUT2D eigenvalue weighted by atomic mass is 10.1. The number of hydrogen-bond acceptors (Lipinski definition) is 8. The van der Waals surface area contributed by atoms with Gasteiger partial charge in [-0.15, -0.1) is 0 Å². The summed E-state index contributed by atoms with van der Waals surface area (Å²) in [6, 6.07) is 5.40. The second-order valence-corrected chi connectivity index (χ2v) is 7.19. The van der Waals surface area contributed by atoms with Crippen LogP contribution in [0.5, 0.6) is 0 Å². The number of nitrogens with two attached hydrogens (primary N) is 1. The number of carbonyl (C=O) groups is 2. The van der Waals surface area contributed by atoms with Crippen molar-refractivity contribution in [1.29, 1.82) is 0 Å². The summed E-state index contributed by atoms with van der Waals surface area (Å²) in [5.41, 5.74) is 7.34. The van der Waals surface area contributed by atoms with Crippen molar-refractivity contribution >= 4 is 23.6 Å². The molecule has 2 amide bonds. The number of hydrogen-bond donors (Lipinski definition) is 2. The number of rotatable bonds is 5. The highest BCUT2D eigenvalue weighted by atomic mass is 19.1. The van der Waals surface area contributed by atoms with Crippen molar-refractivity contribution in [3.63, 3.8) is 0 Å². The number of halogens is 1. The van der Waals surface area contributed by atoms with E-state index in [-0.39, 0.29) is 12.6 Å². The fourth-order valence-electron chi connectivity index (χ4n) is 3.71. The predicted octanol–water partition coefficient (Wildman–Crippen LogP) is 1.77. The van der Waals surface area contributed by atoms with Gasteiger partial charge in [-0.05, 0) is 24.6 Å². The van der Waals surface area contributed by atoms with Gasteiger partial charge in [0.15, 0.2) is 0 Å². The molecule has 1 aromatic carbocycles. The average molecular weight is 419 g/mol. The molecule has 2 aliphatic rings. The van der Waals surface area contributed by atoms with E-state index in [9.17, 15) is 14.0 Å². The Kier molecular flexibility index (Phi) is 5.44. The molecule has 2 aromatic rings. The standard InChI is InChI=1S/C19H22FN5O5/c1-28-18(26)22-11-4-6-24(9-11)15-3-2-12(8-13(15)20)25-10-16(30-19(25)27)17(21)14-5-7-29-23-14/h2-3,5,7-8,11,16-17H,4,6,9-10,21H2,1H3,(H,22,26)/t11?,16?,17-/m0/s1. The van der Waals surface area contributed by atoms with Crippen LogP contribution in [0.25, 0.3) is 0 Å². The first-order valence-electron chi connectivity index (χ1n) is 9.49. The second-order valence-electron chi connectivity index (χ2n) is 7.19. The Morgan fingerprint density at radius 2 is 2.23 bits per heavy atom. The predicted molar refractivity (Wildman–Crippen MR) is 104 cm³/mol. The monoisotopic (exact) mass is 419 g/mol. The lowest BCUT2D eigenvalue weighted by Gasteiger charge is -2.21. The third-order valence-corrected chi connectivity index (χ3v) is 5.31. The van der Waals surface area contributed by atoms with Gasteiger partial charge in [0.1, 0.15) is 23.9 Å². The fourth-order valence-corrected chi connectivity index (χ4v) is 3.71. The van der Waals surface area contributed by atoms with Gasteiger partial charge in [-0.3, -0.25) is 4.90 Å². The summed E-state index contributed by atoms with van der Waals surface area (Å²) in [4.78, 5) is 26.8. The van der Waals surface area contributed by atoms with Crippen molar-refractivity contribution in [1.82, 2.24) is 10.5 Å². The van der Waals surface area contributed by atoms with Crippen LogP contribution in [0.1, 0.15) is 18.2 Å². The van der Waals surface area contributed by atoms with E-state index < -0.39 is 30.1 Å². The van der Waals surface area contributed by atoms with Crippen LogP contribution in [0, 0.1) is 5.82 Å². The third kappa shape index (κ3) is 3.88. The molecule has 0 radical (unpaired) electrons. The third-order valence-electron chi connectivity index (χ3n) is 5.31. The molecule has 0 saturated carbocycles. The summed E-state index contributed by atoms with van der Waals surface area (Å²) >= 11 is 0. The zero-order valence-corrected chi connectivity index (χ0v) is 16.3. The first-order valence-corrected chi connectivity index (χ1v) is 9.49. The van der Waals surface area contributed by atoms with Gasteiger partial charge >= 0.3 is 12.2 Å². The molecule has 3 atom stereocenters. The van der Waals surface area contributed by atoms with Gasteiger partial charge in [0.05, 0.1) is 37.1 Å². The van der Waals surface area contributed by atoms with Crippen LogP contribution in [0.4, 0.5) is 25.4 Å². The first kappa shape index (κ1) is 20.0. The maximum Gasteiger partial charge on any atom is 0.414 e. The molecule has 11 heteroatoms. The van der Waals surface area contributed by atoms with Gasteiger partial charge in [0.2, 0.25) is 0 Å². The van der Waals surface area contributed by atoms with Crippen LogP contribution in [-0.4, -0.2) is 56.2 Å². The van der Waals surface area contributed by atoms with E-state index in [1.54, 1.807) is 18.2 Å². The molecule has 0 spiro atoms. The molecule has 3 heterocycles. The molecule has 4 rings (SSSR count). The minimum atomic E-state index is -0.648. The fraction of sp³-hybridized carbons (Fsp3) is 0.421. The smallest absolute Gasteiger partial charge is 0.414 e. The molecule has 2 fully saturated rings. The van der Waals surface area contributed by atoms with E-state index in [1.165, 1.54) is 24.3 Å². The van der Waals surface area contributed by atoms with Gasteiger partial charge < -0.3 is 29.9 Å². The van der Waals surface area contributed by atoms with Crippen molar-refractivity contribution in [3.05, 3.63) is 42.0 Å². The van der Waals surface area contributed by atoms with Crippen LogP contribution in [0.3, 0.4) is 0 Å². The highest BCUT2D eigenvalue weighted by Gasteiger charge is 2.38. The Labute approximate surface area is 171 Å². The number of ether oxygens (including phenoxy) is 2. The van der Waals surface area contributed by atoms with Crippen LogP contribution < -0.4 is 20.9 Å². The summed E-state index contributed by atoms with van der Waals surface area (Å²) < 4.78 is 29.6. The van der Waals surface area contributed by atoms with E-state index >= 15 is 0 Å². The van der Waals surface area contributed by atoms with E-state index in [0.29, 0.717) is 36.6 Å². The molecule has 2 aliphatic heterocycles. The number of cyclic esters (lactones) is 1. The maximum atomic E-state index is 14.8. The van der Waals surface area contributed by atoms with Crippen molar-refractivity contribution in [2.75, 3.05) is 36.5 Å². The zero-order chi connectivity index (χ0) is 21.3. The molecular formula is C19H22FN5O5. The number of nitrogens with one attached hydrogen (secondary N) is 1. The minimum absolute atomic E-state index is 0.121. The van der Waals surface area contributed by atoms with Crippen molar-refractivity contribution in [2.24, 2.45) is 5.73 Å². The van der Waals surface area contributed by atoms with Crippen molar-refractivity contribution in [3.8, 4) is 0 Å². The Morgan fingerprint density at radius 3 is 2.93 bits per heavy atom. The lowest BCUT2D eigenvalue weighted by molar-refractivity contribution is 0.125. The lowest BCUT2D eigenvalue weighted by Crippen LogP contribution is -2.37. The molecular weight excluding hydrogens is 397 g/mol. The van der Waals surface area contributed by atoms with Gasteiger partial charge in [0, 0.05) is 19.2 Å². The van der Waals surface area contributed by atoms with Crippen LogP contribution in [0.2, 0.25) is 0 Å². The molecule has 2 saturated heterocycles. The summed E-state index contributed by atoms with van der Waals surface area (Å²) in [5, 5.41) is 6.49. The minimum Gasteiger partial charge on any atom is -0.453 e. The number of aromatic nitrogens is 1. The molecule has 0 bridgehead atoms. The zero-order valence-electron chi connectivity index (χ0n) is 16.3. The Hall–Kier alpha value is -3.34. The van der Waals surface area contributed by atoms with Gasteiger partial charge in [-0.25, -0.2) is 14.0 Å². The van der Waals surface area contributed by atoms with Gasteiger partial charge in [0.25, 0.3) is 0 Å². The average Bonchev–Trinajstić information content (AvgIpc) is 3.48. The molecule has 0 aliphatic carbocycles. The first-order chi connectivity index (χ1) is 14.5. The quantitative estimate of drug-likeness (QED) is 0.752. The SMILES string of the molecule is COC(=O)NC1CCN(c2ccc(N3CC([C@@H](N)c4ccon4)OC3=O)cc2F)C1. The summed E-state index contributed by atoms with van der Waals surface area (Å²) in [6.45, 7) is 1.22. The number of benzene rings is 1. The second kappa shape index (κ2) is 8.19. The van der Waals surface area contributed by atoms with Gasteiger partial charge in [-0.2, -0.15) is 0 Å².